The Morgan fingerprint density at radius 2 is 1.96 bits per heavy atom. The molecule has 0 aliphatic carbocycles. The summed E-state index contributed by atoms with van der Waals surface area (Å²) in [6.45, 7) is 2.52. The molecular weight excluding hydrogens is 418 g/mol. The molecule has 0 radical (unpaired) electrons. The zero-order valence-electron chi connectivity index (χ0n) is 14.4. The smallest absolute Gasteiger partial charge is 0.243 e. The number of nitrogens with one attached hydrogen (secondary N) is 1. The molecule has 2 heterocycles. The number of sulfonamides is 1. The minimum Gasteiger partial charge on any atom is -0.310 e. The zero-order chi connectivity index (χ0) is 18.7. The first kappa shape index (κ1) is 19.0. The SMILES string of the molecule is Cc1ccc(NC(=O)[C@@H]2CCCN(S(=O)(=O)c3ccc(Br)cc3)C2)nc1. The molecule has 0 spiro atoms. The van der Waals surface area contributed by atoms with Crippen LogP contribution < -0.4 is 5.32 Å². The van der Waals surface area contributed by atoms with Crippen LogP contribution in [-0.2, 0) is 14.8 Å². The number of anilines is 1. The lowest BCUT2D eigenvalue weighted by atomic mass is 9.99. The van der Waals surface area contributed by atoms with Crippen molar-refractivity contribution in [3.8, 4) is 0 Å². The van der Waals surface area contributed by atoms with Gasteiger partial charge in [0.2, 0.25) is 15.9 Å². The molecule has 1 fully saturated rings. The summed E-state index contributed by atoms with van der Waals surface area (Å²) in [5.41, 5.74) is 1.01. The number of hydrogen-bond donors (Lipinski definition) is 1. The molecule has 0 unspecified atom stereocenters. The highest BCUT2D eigenvalue weighted by Crippen LogP contribution is 2.25. The van der Waals surface area contributed by atoms with Gasteiger partial charge in [-0.25, -0.2) is 13.4 Å². The van der Waals surface area contributed by atoms with E-state index in [0.29, 0.717) is 25.2 Å². The van der Waals surface area contributed by atoms with Crippen LogP contribution in [0.3, 0.4) is 0 Å². The van der Waals surface area contributed by atoms with E-state index in [1.165, 1.54) is 4.31 Å². The Labute approximate surface area is 161 Å². The number of pyridine rings is 1. The summed E-state index contributed by atoms with van der Waals surface area (Å²) in [5, 5.41) is 2.78. The van der Waals surface area contributed by atoms with Crippen molar-refractivity contribution in [3.05, 3.63) is 52.6 Å². The summed E-state index contributed by atoms with van der Waals surface area (Å²) in [5.74, 6) is -0.109. The summed E-state index contributed by atoms with van der Waals surface area (Å²) in [6, 6.07) is 10.1. The van der Waals surface area contributed by atoms with Crippen molar-refractivity contribution in [1.82, 2.24) is 9.29 Å². The van der Waals surface area contributed by atoms with Crippen LogP contribution >= 0.6 is 15.9 Å². The third kappa shape index (κ3) is 4.31. The largest absolute Gasteiger partial charge is 0.310 e. The molecule has 26 heavy (non-hydrogen) atoms. The number of benzene rings is 1. The molecule has 8 heteroatoms. The molecule has 1 N–H and O–H groups in total. The molecular formula is C18H20BrN3O3S. The van der Waals surface area contributed by atoms with Crippen LogP contribution in [0.15, 0.2) is 52.0 Å². The number of halogens is 1. The van der Waals surface area contributed by atoms with Gasteiger partial charge in [-0.15, -0.1) is 0 Å². The summed E-state index contributed by atoms with van der Waals surface area (Å²) >= 11 is 3.31. The van der Waals surface area contributed by atoms with E-state index in [4.69, 9.17) is 0 Å². The Hall–Kier alpha value is -1.77. The van der Waals surface area contributed by atoms with Gasteiger partial charge in [0.1, 0.15) is 5.82 Å². The average Bonchev–Trinajstić information content (AvgIpc) is 2.64. The minimum atomic E-state index is -3.61. The van der Waals surface area contributed by atoms with Crippen LogP contribution in [0.25, 0.3) is 0 Å². The number of nitrogens with zero attached hydrogens (tertiary/aromatic N) is 2. The summed E-state index contributed by atoms with van der Waals surface area (Å²) in [4.78, 5) is 16.9. The number of carbonyl (C=O) groups excluding carboxylic acids is 1. The van der Waals surface area contributed by atoms with Gasteiger partial charge >= 0.3 is 0 Å². The van der Waals surface area contributed by atoms with Gasteiger partial charge in [0.05, 0.1) is 10.8 Å². The van der Waals surface area contributed by atoms with E-state index in [1.807, 2.05) is 13.0 Å². The molecule has 1 aromatic heterocycles. The maximum absolute atomic E-state index is 12.8. The Morgan fingerprint density at radius 1 is 1.23 bits per heavy atom. The van der Waals surface area contributed by atoms with E-state index >= 15 is 0 Å². The summed E-state index contributed by atoms with van der Waals surface area (Å²) in [6.07, 6.45) is 2.99. The third-order valence-corrected chi connectivity index (χ3v) is 6.78. The molecule has 0 bridgehead atoms. The topological polar surface area (TPSA) is 79.4 Å². The van der Waals surface area contributed by atoms with Crippen molar-refractivity contribution >= 4 is 37.7 Å². The fourth-order valence-electron chi connectivity index (χ4n) is 2.90. The van der Waals surface area contributed by atoms with E-state index in [-0.39, 0.29) is 17.3 Å². The Morgan fingerprint density at radius 3 is 2.62 bits per heavy atom. The lowest BCUT2D eigenvalue weighted by Gasteiger charge is -2.31. The van der Waals surface area contributed by atoms with Gasteiger partial charge < -0.3 is 5.32 Å². The van der Waals surface area contributed by atoms with E-state index in [0.717, 1.165) is 10.0 Å². The standard InChI is InChI=1S/C18H20BrN3O3S/c1-13-4-9-17(20-11-13)21-18(23)14-3-2-10-22(12-14)26(24,25)16-7-5-15(19)6-8-16/h4-9,11,14H,2-3,10,12H2,1H3,(H,20,21,23)/t14-/m1/s1. The summed E-state index contributed by atoms with van der Waals surface area (Å²) < 4.78 is 27.9. The quantitative estimate of drug-likeness (QED) is 0.796. The van der Waals surface area contributed by atoms with Crippen LogP contribution in [0.5, 0.6) is 0 Å². The van der Waals surface area contributed by atoms with Crippen LogP contribution in [0.1, 0.15) is 18.4 Å². The molecule has 0 saturated carbocycles. The second-order valence-corrected chi connectivity index (χ2v) is 9.22. The highest BCUT2D eigenvalue weighted by molar-refractivity contribution is 9.10. The lowest BCUT2D eigenvalue weighted by Crippen LogP contribution is -2.43. The maximum Gasteiger partial charge on any atom is 0.243 e. The van der Waals surface area contributed by atoms with Crippen molar-refractivity contribution < 1.29 is 13.2 Å². The van der Waals surface area contributed by atoms with Crippen LogP contribution in [0.2, 0.25) is 0 Å². The van der Waals surface area contributed by atoms with Gasteiger partial charge in [-0.3, -0.25) is 4.79 Å². The lowest BCUT2D eigenvalue weighted by molar-refractivity contribution is -0.120. The first-order valence-corrected chi connectivity index (χ1v) is 10.6. The van der Waals surface area contributed by atoms with Crippen LogP contribution in [0.4, 0.5) is 5.82 Å². The zero-order valence-corrected chi connectivity index (χ0v) is 16.8. The first-order valence-electron chi connectivity index (χ1n) is 8.35. The number of amides is 1. The third-order valence-electron chi connectivity index (χ3n) is 4.37. The highest BCUT2D eigenvalue weighted by atomic mass is 79.9. The number of rotatable bonds is 4. The number of aromatic nitrogens is 1. The average molecular weight is 438 g/mol. The molecule has 1 saturated heterocycles. The predicted octanol–water partition coefficient (Wildman–Crippen LogP) is 3.19. The molecule has 138 valence electrons. The van der Waals surface area contributed by atoms with Crippen molar-refractivity contribution in [1.29, 1.82) is 0 Å². The molecule has 1 amide bonds. The Bertz CT molecular complexity index is 883. The highest BCUT2D eigenvalue weighted by Gasteiger charge is 2.33. The molecule has 1 aliphatic heterocycles. The Balaban J connectivity index is 1.71. The number of carbonyl (C=O) groups is 1. The fourth-order valence-corrected chi connectivity index (χ4v) is 4.69. The van der Waals surface area contributed by atoms with Crippen LogP contribution in [-0.4, -0.2) is 36.7 Å². The van der Waals surface area contributed by atoms with Gasteiger partial charge in [0.15, 0.2) is 0 Å². The van der Waals surface area contributed by atoms with Crippen molar-refractivity contribution in [2.45, 2.75) is 24.7 Å². The van der Waals surface area contributed by atoms with Gasteiger partial charge in [-0.05, 0) is 55.7 Å². The molecule has 1 aromatic carbocycles. The van der Waals surface area contributed by atoms with E-state index in [1.54, 1.807) is 36.5 Å². The van der Waals surface area contributed by atoms with Crippen molar-refractivity contribution in [2.75, 3.05) is 18.4 Å². The summed E-state index contributed by atoms with van der Waals surface area (Å²) in [7, 11) is -3.61. The number of hydrogen-bond acceptors (Lipinski definition) is 4. The van der Waals surface area contributed by atoms with Gasteiger partial charge in [-0.1, -0.05) is 22.0 Å². The maximum atomic E-state index is 12.8. The molecule has 1 aliphatic rings. The van der Waals surface area contributed by atoms with Gasteiger partial charge in [0, 0.05) is 23.8 Å². The van der Waals surface area contributed by atoms with Crippen LogP contribution in [0, 0.1) is 12.8 Å². The first-order chi connectivity index (χ1) is 12.4. The van der Waals surface area contributed by atoms with Gasteiger partial charge in [-0.2, -0.15) is 4.31 Å². The fraction of sp³-hybridized carbons (Fsp3) is 0.333. The van der Waals surface area contributed by atoms with Crippen molar-refractivity contribution in [2.24, 2.45) is 5.92 Å². The molecule has 1 atom stereocenters. The normalized spacial score (nSPS) is 18.5. The minimum absolute atomic E-state index is 0.177. The second-order valence-electron chi connectivity index (χ2n) is 6.37. The molecule has 6 nitrogen and oxygen atoms in total. The van der Waals surface area contributed by atoms with E-state index in [2.05, 4.69) is 26.2 Å². The molecule has 2 aromatic rings. The van der Waals surface area contributed by atoms with Gasteiger partial charge in [0.25, 0.3) is 0 Å². The second kappa shape index (κ2) is 7.85. The van der Waals surface area contributed by atoms with E-state index < -0.39 is 15.9 Å². The number of aryl methyl sites for hydroxylation is 1. The van der Waals surface area contributed by atoms with E-state index in [9.17, 15) is 13.2 Å². The Kier molecular flexibility index (Phi) is 5.74. The molecule has 3 rings (SSSR count). The monoisotopic (exact) mass is 437 g/mol. The predicted molar refractivity (Wildman–Crippen MR) is 103 cm³/mol. The number of piperidine rings is 1. The van der Waals surface area contributed by atoms with Crippen molar-refractivity contribution in [3.63, 3.8) is 0 Å².